The quantitative estimate of drug-likeness (QED) is 0.576. The fourth-order valence-electron chi connectivity index (χ4n) is 0.979. The molecular formula is C10H12Cl2O2. The van der Waals surface area contributed by atoms with E-state index in [1.54, 1.807) is 13.2 Å². The van der Waals surface area contributed by atoms with E-state index in [4.69, 9.17) is 32.7 Å². The Bertz CT molecular complexity index is 289. The van der Waals surface area contributed by atoms with Crippen LogP contribution in [0.15, 0.2) is 18.2 Å². The van der Waals surface area contributed by atoms with Gasteiger partial charge in [0.25, 0.3) is 0 Å². The van der Waals surface area contributed by atoms with Crippen LogP contribution in [0.5, 0.6) is 5.75 Å². The van der Waals surface area contributed by atoms with Gasteiger partial charge in [0.05, 0.1) is 11.6 Å². The van der Waals surface area contributed by atoms with Gasteiger partial charge in [-0.15, -0.1) is 11.6 Å². The Morgan fingerprint density at radius 1 is 1.29 bits per heavy atom. The van der Waals surface area contributed by atoms with Crippen molar-refractivity contribution in [3.8, 4) is 5.75 Å². The molecule has 0 fully saturated rings. The summed E-state index contributed by atoms with van der Waals surface area (Å²) in [7, 11) is 1.63. The van der Waals surface area contributed by atoms with Gasteiger partial charge >= 0.3 is 0 Å². The standard InChI is InChI=1S/C10H12Cl2O2/c1-13-4-5-14-10-3-2-8(7-11)6-9(10)12/h2-3,6H,4-5,7H2,1H3. The number of alkyl halides is 1. The van der Waals surface area contributed by atoms with E-state index >= 15 is 0 Å². The van der Waals surface area contributed by atoms with Crippen LogP contribution < -0.4 is 4.74 Å². The number of methoxy groups -OCH3 is 1. The van der Waals surface area contributed by atoms with E-state index in [0.717, 1.165) is 5.56 Å². The Hall–Kier alpha value is -0.440. The molecule has 0 saturated carbocycles. The van der Waals surface area contributed by atoms with Gasteiger partial charge in [0, 0.05) is 13.0 Å². The van der Waals surface area contributed by atoms with Crippen LogP contribution in [0.25, 0.3) is 0 Å². The Labute approximate surface area is 93.7 Å². The zero-order valence-corrected chi connectivity index (χ0v) is 9.44. The van der Waals surface area contributed by atoms with Crippen LogP contribution in [0.2, 0.25) is 5.02 Å². The molecule has 1 rings (SSSR count). The van der Waals surface area contributed by atoms with E-state index in [1.165, 1.54) is 0 Å². The van der Waals surface area contributed by atoms with Crippen LogP contribution >= 0.6 is 23.2 Å². The fourth-order valence-corrected chi connectivity index (χ4v) is 1.40. The number of hydrogen-bond donors (Lipinski definition) is 0. The number of rotatable bonds is 5. The monoisotopic (exact) mass is 234 g/mol. The van der Waals surface area contributed by atoms with Crippen molar-refractivity contribution < 1.29 is 9.47 Å². The van der Waals surface area contributed by atoms with Gasteiger partial charge in [-0.25, -0.2) is 0 Å². The first-order valence-electron chi connectivity index (χ1n) is 4.24. The highest BCUT2D eigenvalue weighted by Crippen LogP contribution is 2.25. The van der Waals surface area contributed by atoms with Crippen molar-refractivity contribution in [2.75, 3.05) is 20.3 Å². The topological polar surface area (TPSA) is 18.5 Å². The summed E-state index contributed by atoms with van der Waals surface area (Å²) in [4.78, 5) is 0. The van der Waals surface area contributed by atoms with Crippen molar-refractivity contribution in [3.63, 3.8) is 0 Å². The molecule has 0 aliphatic heterocycles. The lowest BCUT2D eigenvalue weighted by Crippen LogP contribution is -2.04. The molecule has 2 nitrogen and oxygen atoms in total. The second-order valence-electron chi connectivity index (χ2n) is 2.74. The molecule has 0 spiro atoms. The van der Waals surface area contributed by atoms with Gasteiger partial charge in [-0.2, -0.15) is 0 Å². The van der Waals surface area contributed by atoms with Crippen LogP contribution in [-0.2, 0) is 10.6 Å². The lowest BCUT2D eigenvalue weighted by Gasteiger charge is -2.07. The Balaban J connectivity index is 2.59. The van der Waals surface area contributed by atoms with Crippen molar-refractivity contribution in [2.45, 2.75) is 5.88 Å². The molecule has 0 aliphatic rings. The van der Waals surface area contributed by atoms with Gasteiger partial charge in [-0.3, -0.25) is 0 Å². The summed E-state index contributed by atoms with van der Waals surface area (Å²) in [6.45, 7) is 1.05. The largest absolute Gasteiger partial charge is 0.490 e. The molecule has 0 aliphatic carbocycles. The van der Waals surface area contributed by atoms with Gasteiger partial charge in [0.15, 0.2) is 0 Å². The third-order valence-corrected chi connectivity index (χ3v) is 2.30. The van der Waals surface area contributed by atoms with E-state index in [1.807, 2.05) is 12.1 Å². The maximum atomic E-state index is 5.96. The molecule has 0 saturated heterocycles. The molecule has 0 N–H and O–H groups in total. The molecule has 1 aromatic rings. The number of hydrogen-bond acceptors (Lipinski definition) is 2. The Morgan fingerprint density at radius 3 is 2.64 bits per heavy atom. The number of benzene rings is 1. The SMILES string of the molecule is COCCOc1ccc(CCl)cc1Cl. The summed E-state index contributed by atoms with van der Waals surface area (Å²) < 4.78 is 10.2. The molecule has 0 amide bonds. The van der Waals surface area contributed by atoms with E-state index in [2.05, 4.69) is 0 Å². The predicted molar refractivity (Wildman–Crippen MR) is 58.4 cm³/mol. The fraction of sp³-hybridized carbons (Fsp3) is 0.400. The Kier molecular flexibility index (Phi) is 5.09. The maximum absolute atomic E-state index is 5.96. The molecule has 0 bridgehead atoms. The summed E-state index contributed by atoms with van der Waals surface area (Å²) in [5.41, 5.74) is 0.982. The van der Waals surface area contributed by atoms with Gasteiger partial charge in [0.2, 0.25) is 0 Å². The van der Waals surface area contributed by atoms with Gasteiger partial charge in [-0.1, -0.05) is 17.7 Å². The predicted octanol–water partition coefficient (Wildman–Crippen LogP) is 3.10. The highest BCUT2D eigenvalue weighted by molar-refractivity contribution is 6.32. The first-order chi connectivity index (χ1) is 6.77. The molecule has 1 aromatic carbocycles. The summed E-state index contributed by atoms with van der Waals surface area (Å²) in [5.74, 6) is 1.12. The van der Waals surface area contributed by atoms with E-state index in [0.29, 0.717) is 29.9 Å². The van der Waals surface area contributed by atoms with Crippen LogP contribution in [0.3, 0.4) is 0 Å². The van der Waals surface area contributed by atoms with Crippen molar-refractivity contribution >= 4 is 23.2 Å². The molecular weight excluding hydrogens is 223 g/mol. The first kappa shape index (κ1) is 11.6. The lowest BCUT2D eigenvalue weighted by atomic mass is 10.2. The minimum atomic E-state index is 0.456. The van der Waals surface area contributed by atoms with Gasteiger partial charge in [0.1, 0.15) is 12.4 Å². The van der Waals surface area contributed by atoms with Gasteiger partial charge in [-0.05, 0) is 17.7 Å². The number of halogens is 2. The van der Waals surface area contributed by atoms with E-state index in [9.17, 15) is 0 Å². The second-order valence-corrected chi connectivity index (χ2v) is 3.41. The zero-order chi connectivity index (χ0) is 10.4. The van der Waals surface area contributed by atoms with Crippen molar-refractivity contribution in [1.82, 2.24) is 0 Å². The van der Waals surface area contributed by atoms with Crippen molar-refractivity contribution in [1.29, 1.82) is 0 Å². The van der Waals surface area contributed by atoms with Crippen molar-refractivity contribution in [3.05, 3.63) is 28.8 Å². The lowest BCUT2D eigenvalue weighted by molar-refractivity contribution is 0.146. The normalized spacial score (nSPS) is 10.2. The average molecular weight is 235 g/mol. The smallest absolute Gasteiger partial charge is 0.138 e. The second kappa shape index (κ2) is 6.12. The maximum Gasteiger partial charge on any atom is 0.138 e. The Morgan fingerprint density at radius 2 is 2.07 bits per heavy atom. The summed E-state index contributed by atoms with van der Waals surface area (Å²) in [6.07, 6.45) is 0. The zero-order valence-electron chi connectivity index (χ0n) is 7.93. The summed E-state index contributed by atoms with van der Waals surface area (Å²) >= 11 is 11.6. The molecule has 0 heterocycles. The molecule has 0 unspecified atom stereocenters. The molecule has 0 aromatic heterocycles. The highest BCUT2D eigenvalue weighted by atomic mass is 35.5. The van der Waals surface area contributed by atoms with Crippen LogP contribution in [0.1, 0.15) is 5.56 Å². The van der Waals surface area contributed by atoms with E-state index < -0.39 is 0 Å². The van der Waals surface area contributed by atoms with Crippen LogP contribution in [-0.4, -0.2) is 20.3 Å². The number of ether oxygens (including phenoxy) is 2. The molecule has 4 heteroatoms. The minimum Gasteiger partial charge on any atom is -0.490 e. The van der Waals surface area contributed by atoms with Gasteiger partial charge < -0.3 is 9.47 Å². The highest BCUT2D eigenvalue weighted by Gasteiger charge is 2.02. The summed E-state index contributed by atoms with van der Waals surface area (Å²) in [5, 5.41) is 0.583. The van der Waals surface area contributed by atoms with Crippen LogP contribution in [0.4, 0.5) is 0 Å². The molecule has 0 radical (unpaired) electrons. The third-order valence-electron chi connectivity index (χ3n) is 1.70. The minimum absolute atomic E-state index is 0.456. The van der Waals surface area contributed by atoms with Crippen LogP contribution in [0, 0.1) is 0 Å². The third kappa shape index (κ3) is 3.37. The van der Waals surface area contributed by atoms with Crippen molar-refractivity contribution in [2.24, 2.45) is 0 Å². The molecule has 78 valence electrons. The molecule has 14 heavy (non-hydrogen) atoms. The molecule has 0 atom stereocenters. The van der Waals surface area contributed by atoms with E-state index in [-0.39, 0.29) is 0 Å². The first-order valence-corrected chi connectivity index (χ1v) is 5.15. The average Bonchev–Trinajstić information content (AvgIpc) is 2.20. The summed E-state index contributed by atoms with van der Waals surface area (Å²) in [6, 6.07) is 5.51.